The van der Waals surface area contributed by atoms with Gasteiger partial charge in [-0.3, -0.25) is 0 Å². The fraction of sp³-hybridized carbons (Fsp3) is 0.0870. The van der Waals surface area contributed by atoms with Gasteiger partial charge in [0.25, 0.3) is 0 Å². The first-order valence-electron chi connectivity index (χ1n) is 8.30. The quantitative estimate of drug-likeness (QED) is 0.275. The number of hydrogen-bond donors (Lipinski definition) is 0. The molecule has 0 heterocycles. The molecule has 26 heavy (non-hydrogen) atoms. The minimum absolute atomic E-state index is 0.194. The summed E-state index contributed by atoms with van der Waals surface area (Å²) < 4.78 is 14.0. The summed E-state index contributed by atoms with van der Waals surface area (Å²) in [7, 11) is 0. The Morgan fingerprint density at radius 1 is 0.962 bits per heavy atom. The Labute approximate surface area is 158 Å². The van der Waals surface area contributed by atoms with Gasteiger partial charge in [-0.15, -0.1) is 0 Å². The van der Waals surface area contributed by atoms with Gasteiger partial charge in [-0.25, -0.2) is 4.39 Å². The molecular formula is C23H18FNS. The fourth-order valence-electron chi connectivity index (χ4n) is 2.77. The van der Waals surface area contributed by atoms with Crippen molar-refractivity contribution in [2.75, 3.05) is 0 Å². The topological polar surface area (TPSA) is 12.4 Å². The molecule has 0 aliphatic rings. The van der Waals surface area contributed by atoms with E-state index in [2.05, 4.69) is 46.6 Å². The average Bonchev–Trinajstić information content (AvgIpc) is 2.65. The van der Waals surface area contributed by atoms with Crippen molar-refractivity contribution in [3.8, 4) is 11.1 Å². The standard InChI is InChI=1S/C23H18FNS/c1-16-3-4-21(23(24)13-16)14-17(2)18-5-7-19(8-6-18)20-9-11-22(12-10-20)25-15-26/h3-14H,1-2H3/b17-14+. The van der Waals surface area contributed by atoms with Gasteiger partial charge >= 0.3 is 0 Å². The molecule has 0 atom stereocenters. The number of isothiocyanates is 1. The summed E-state index contributed by atoms with van der Waals surface area (Å²) in [6.45, 7) is 3.88. The minimum Gasteiger partial charge on any atom is -0.206 e. The summed E-state index contributed by atoms with van der Waals surface area (Å²) in [4.78, 5) is 3.96. The maximum Gasteiger partial charge on any atom is 0.130 e. The van der Waals surface area contributed by atoms with Crippen molar-refractivity contribution in [1.82, 2.24) is 0 Å². The molecule has 0 aromatic heterocycles. The highest BCUT2D eigenvalue weighted by molar-refractivity contribution is 7.78. The van der Waals surface area contributed by atoms with Crippen molar-refractivity contribution in [3.63, 3.8) is 0 Å². The van der Waals surface area contributed by atoms with Gasteiger partial charge in [-0.1, -0.05) is 48.5 Å². The van der Waals surface area contributed by atoms with Gasteiger partial charge in [-0.2, -0.15) is 4.99 Å². The summed E-state index contributed by atoms with van der Waals surface area (Å²) in [5.74, 6) is -0.194. The van der Waals surface area contributed by atoms with E-state index in [1.807, 2.05) is 56.3 Å². The number of aliphatic imine (C=N–C) groups is 1. The van der Waals surface area contributed by atoms with E-state index in [0.29, 0.717) is 5.56 Å². The molecule has 0 spiro atoms. The lowest BCUT2D eigenvalue weighted by atomic mass is 9.99. The van der Waals surface area contributed by atoms with Crippen molar-refractivity contribution < 1.29 is 4.39 Å². The largest absolute Gasteiger partial charge is 0.206 e. The molecule has 0 saturated heterocycles. The number of rotatable bonds is 4. The number of benzene rings is 3. The Morgan fingerprint density at radius 3 is 2.15 bits per heavy atom. The van der Waals surface area contributed by atoms with E-state index in [4.69, 9.17) is 0 Å². The first kappa shape index (κ1) is 17.9. The summed E-state index contributed by atoms with van der Waals surface area (Å²) in [6, 6.07) is 21.4. The molecule has 0 aliphatic heterocycles. The first-order chi connectivity index (χ1) is 12.6. The van der Waals surface area contributed by atoms with Crippen LogP contribution in [-0.2, 0) is 0 Å². The first-order valence-corrected chi connectivity index (χ1v) is 8.71. The van der Waals surface area contributed by atoms with Crippen LogP contribution < -0.4 is 0 Å². The molecule has 0 radical (unpaired) electrons. The second-order valence-electron chi connectivity index (χ2n) is 6.18. The van der Waals surface area contributed by atoms with E-state index in [0.717, 1.165) is 33.5 Å². The van der Waals surface area contributed by atoms with E-state index in [1.54, 1.807) is 6.07 Å². The highest BCUT2D eigenvalue weighted by atomic mass is 32.1. The van der Waals surface area contributed by atoms with E-state index in [-0.39, 0.29) is 5.82 Å². The summed E-state index contributed by atoms with van der Waals surface area (Å²) in [5, 5.41) is 2.37. The van der Waals surface area contributed by atoms with Crippen LogP contribution in [0.25, 0.3) is 22.8 Å². The number of hydrogen-bond acceptors (Lipinski definition) is 2. The molecule has 0 fully saturated rings. The summed E-state index contributed by atoms with van der Waals surface area (Å²) in [5.41, 5.74) is 6.61. The zero-order valence-corrected chi connectivity index (χ0v) is 15.5. The van der Waals surface area contributed by atoms with Gasteiger partial charge < -0.3 is 0 Å². The molecular weight excluding hydrogens is 341 g/mol. The number of thiocarbonyl (C=S) groups is 1. The van der Waals surface area contributed by atoms with Gasteiger partial charge in [0.05, 0.1) is 10.8 Å². The van der Waals surface area contributed by atoms with Crippen molar-refractivity contribution in [2.24, 2.45) is 4.99 Å². The van der Waals surface area contributed by atoms with E-state index in [9.17, 15) is 4.39 Å². The maximum absolute atomic E-state index is 14.0. The number of aryl methyl sites for hydroxylation is 1. The SMILES string of the molecule is C/C(=C\c1ccc(C)cc1F)c1ccc(-c2ccc(N=C=S)cc2)cc1. The molecule has 0 N–H and O–H groups in total. The van der Waals surface area contributed by atoms with Crippen molar-refractivity contribution in [1.29, 1.82) is 0 Å². The van der Waals surface area contributed by atoms with Crippen LogP contribution in [0.3, 0.4) is 0 Å². The van der Waals surface area contributed by atoms with Crippen LogP contribution in [0.4, 0.5) is 10.1 Å². The lowest BCUT2D eigenvalue weighted by molar-refractivity contribution is 0.624. The maximum atomic E-state index is 14.0. The number of allylic oxidation sites excluding steroid dienone is 1. The molecule has 128 valence electrons. The van der Waals surface area contributed by atoms with Crippen LogP contribution >= 0.6 is 12.2 Å². The predicted octanol–water partition coefficient (Wildman–Crippen LogP) is 7.10. The second kappa shape index (κ2) is 8.01. The van der Waals surface area contributed by atoms with Crippen LogP contribution in [0, 0.1) is 12.7 Å². The highest BCUT2D eigenvalue weighted by Crippen LogP contribution is 2.26. The lowest BCUT2D eigenvalue weighted by Crippen LogP contribution is -1.86. The smallest absolute Gasteiger partial charge is 0.130 e. The minimum atomic E-state index is -0.194. The molecule has 3 aromatic carbocycles. The third-order valence-electron chi connectivity index (χ3n) is 4.24. The molecule has 0 amide bonds. The fourth-order valence-corrected chi connectivity index (χ4v) is 2.88. The molecule has 0 saturated carbocycles. The normalized spacial score (nSPS) is 11.1. The van der Waals surface area contributed by atoms with Gasteiger partial charge in [0.15, 0.2) is 0 Å². The molecule has 3 heteroatoms. The van der Waals surface area contributed by atoms with Gasteiger partial charge in [-0.05, 0) is 78.2 Å². The molecule has 0 unspecified atom stereocenters. The second-order valence-corrected chi connectivity index (χ2v) is 6.36. The molecule has 1 nitrogen and oxygen atoms in total. The third kappa shape index (κ3) is 4.20. The molecule has 3 rings (SSSR count). The molecule has 3 aromatic rings. The van der Waals surface area contributed by atoms with Crippen molar-refractivity contribution in [3.05, 3.63) is 89.2 Å². The van der Waals surface area contributed by atoms with E-state index < -0.39 is 0 Å². The van der Waals surface area contributed by atoms with Crippen LogP contribution in [-0.4, -0.2) is 5.16 Å². The van der Waals surface area contributed by atoms with Crippen LogP contribution in [0.1, 0.15) is 23.6 Å². The predicted molar refractivity (Wildman–Crippen MR) is 111 cm³/mol. The van der Waals surface area contributed by atoms with E-state index >= 15 is 0 Å². The Balaban J connectivity index is 1.84. The monoisotopic (exact) mass is 359 g/mol. The van der Waals surface area contributed by atoms with E-state index in [1.165, 1.54) is 0 Å². The highest BCUT2D eigenvalue weighted by Gasteiger charge is 2.03. The third-order valence-corrected chi connectivity index (χ3v) is 4.33. The molecule has 0 aliphatic carbocycles. The van der Waals surface area contributed by atoms with Crippen LogP contribution in [0.5, 0.6) is 0 Å². The Hall–Kier alpha value is -2.87. The zero-order chi connectivity index (χ0) is 18.5. The molecule has 0 bridgehead atoms. The van der Waals surface area contributed by atoms with Crippen LogP contribution in [0.15, 0.2) is 71.7 Å². The Kier molecular flexibility index (Phi) is 5.52. The summed E-state index contributed by atoms with van der Waals surface area (Å²) >= 11 is 4.61. The summed E-state index contributed by atoms with van der Waals surface area (Å²) in [6.07, 6.45) is 1.88. The average molecular weight is 359 g/mol. The van der Waals surface area contributed by atoms with Gasteiger partial charge in [0.2, 0.25) is 0 Å². The Morgan fingerprint density at radius 2 is 1.58 bits per heavy atom. The lowest BCUT2D eigenvalue weighted by Gasteiger charge is -2.06. The van der Waals surface area contributed by atoms with Gasteiger partial charge in [0, 0.05) is 5.56 Å². The number of halogens is 1. The van der Waals surface area contributed by atoms with Crippen molar-refractivity contribution >= 4 is 34.7 Å². The van der Waals surface area contributed by atoms with Crippen molar-refractivity contribution in [2.45, 2.75) is 13.8 Å². The number of nitrogens with zero attached hydrogens (tertiary/aromatic N) is 1. The zero-order valence-electron chi connectivity index (χ0n) is 14.7. The van der Waals surface area contributed by atoms with Crippen LogP contribution in [0.2, 0.25) is 0 Å². The Bertz CT molecular complexity index is 995. The van der Waals surface area contributed by atoms with Gasteiger partial charge in [0.1, 0.15) is 5.82 Å².